The summed E-state index contributed by atoms with van der Waals surface area (Å²) in [6, 6.07) is 3.85. The number of rotatable bonds is 5. The van der Waals surface area contributed by atoms with Gasteiger partial charge in [0.15, 0.2) is 0 Å². The summed E-state index contributed by atoms with van der Waals surface area (Å²) in [6.07, 6.45) is 0.466. The first-order valence-corrected chi connectivity index (χ1v) is 8.85. The minimum Gasteiger partial charge on any atom is -0.353 e. The van der Waals surface area contributed by atoms with Crippen molar-refractivity contribution >= 4 is 40.9 Å². The predicted octanol–water partition coefficient (Wildman–Crippen LogP) is 2.10. The molecule has 0 radical (unpaired) electrons. The number of halogens is 2. The monoisotopic (exact) mass is 385 g/mol. The maximum absolute atomic E-state index is 12.8. The Morgan fingerprint density at radius 3 is 2.64 bits per heavy atom. The number of piperazine rings is 1. The molecule has 1 aromatic rings. The normalized spacial score (nSPS) is 15.7. The molecular weight excluding hydrogens is 365 g/mol. The Morgan fingerprint density at radius 2 is 2.04 bits per heavy atom. The van der Waals surface area contributed by atoms with Gasteiger partial charge in [-0.1, -0.05) is 37.0 Å². The highest BCUT2D eigenvalue weighted by Crippen LogP contribution is 2.21. The van der Waals surface area contributed by atoms with Crippen molar-refractivity contribution in [1.82, 2.24) is 15.5 Å². The summed E-state index contributed by atoms with van der Waals surface area (Å²) in [5.74, 6) is -0.715. The summed E-state index contributed by atoms with van der Waals surface area (Å²) in [6.45, 7) is 4.77. The molecule has 0 spiro atoms. The maximum Gasteiger partial charge on any atom is 0.253 e. The number of hydrogen-bond acceptors (Lipinski definition) is 3. The molecule has 1 fully saturated rings. The highest BCUT2D eigenvalue weighted by atomic mass is 35.5. The number of benzene rings is 1. The zero-order valence-electron chi connectivity index (χ0n) is 14.1. The van der Waals surface area contributed by atoms with Gasteiger partial charge in [0.25, 0.3) is 5.91 Å². The minimum atomic E-state index is -0.717. The van der Waals surface area contributed by atoms with Crippen molar-refractivity contribution in [1.29, 1.82) is 0 Å². The lowest BCUT2D eigenvalue weighted by Gasteiger charge is -2.31. The number of carbonyl (C=O) groups is 3. The molecule has 1 aliphatic rings. The van der Waals surface area contributed by atoms with Crippen LogP contribution in [0.1, 0.15) is 30.6 Å². The van der Waals surface area contributed by atoms with Gasteiger partial charge in [0.05, 0.1) is 17.1 Å². The lowest BCUT2D eigenvalue weighted by Crippen LogP contribution is -2.56. The van der Waals surface area contributed by atoms with Gasteiger partial charge in [-0.3, -0.25) is 14.4 Å². The average molecular weight is 386 g/mol. The molecule has 2 N–H and O–H groups in total. The number of nitrogens with one attached hydrogen (secondary N) is 2. The van der Waals surface area contributed by atoms with Gasteiger partial charge < -0.3 is 15.5 Å². The van der Waals surface area contributed by atoms with Gasteiger partial charge in [-0.05, 0) is 30.5 Å². The van der Waals surface area contributed by atoms with Crippen LogP contribution in [0, 0.1) is 5.92 Å². The third kappa shape index (κ3) is 5.34. The summed E-state index contributed by atoms with van der Waals surface area (Å²) in [5.41, 5.74) is 0.254. The molecule has 2 rings (SSSR count). The van der Waals surface area contributed by atoms with Crippen molar-refractivity contribution < 1.29 is 14.4 Å². The standard InChI is InChI=1S/C17H21Cl2N3O3/c1-10(2)7-14(17(25)22-6-5-20-15(23)9-22)21-16(24)12-4-3-11(18)8-13(12)19/h3-4,8,10,14H,5-7,9H2,1-2H3,(H,20,23)(H,21,24). The molecule has 1 aromatic carbocycles. The number of hydrogen-bond donors (Lipinski definition) is 2. The second-order valence-corrected chi connectivity index (χ2v) is 7.23. The smallest absolute Gasteiger partial charge is 0.253 e. The van der Waals surface area contributed by atoms with E-state index in [-0.39, 0.29) is 34.9 Å². The molecule has 6 nitrogen and oxygen atoms in total. The van der Waals surface area contributed by atoms with Gasteiger partial charge in [0, 0.05) is 18.1 Å². The number of carbonyl (C=O) groups excluding carboxylic acids is 3. The Bertz CT molecular complexity index is 679. The molecule has 8 heteroatoms. The Labute approximate surface area is 156 Å². The first-order chi connectivity index (χ1) is 11.8. The van der Waals surface area contributed by atoms with Crippen molar-refractivity contribution in [3.63, 3.8) is 0 Å². The molecule has 136 valence electrons. The van der Waals surface area contributed by atoms with Crippen LogP contribution in [0.25, 0.3) is 0 Å². The van der Waals surface area contributed by atoms with Crippen LogP contribution in [-0.4, -0.2) is 48.3 Å². The summed E-state index contributed by atoms with van der Waals surface area (Å²) in [7, 11) is 0. The average Bonchev–Trinajstić information content (AvgIpc) is 2.53. The maximum atomic E-state index is 12.8. The zero-order valence-corrected chi connectivity index (χ0v) is 15.7. The van der Waals surface area contributed by atoms with Crippen molar-refractivity contribution in [2.45, 2.75) is 26.3 Å². The molecule has 0 bridgehead atoms. The Morgan fingerprint density at radius 1 is 1.32 bits per heavy atom. The highest BCUT2D eigenvalue weighted by Gasteiger charge is 2.30. The fourth-order valence-electron chi connectivity index (χ4n) is 2.65. The van der Waals surface area contributed by atoms with E-state index in [2.05, 4.69) is 10.6 Å². The van der Waals surface area contributed by atoms with Crippen LogP contribution in [-0.2, 0) is 9.59 Å². The quantitative estimate of drug-likeness (QED) is 0.814. The van der Waals surface area contributed by atoms with Crippen LogP contribution >= 0.6 is 23.2 Å². The molecular formula is C17H21Cl2N3O3. The molecule has 1 atom stereocenters. The predicted molar refractivity (Wildman–Crippen MR) is 96.8 cm³/mol. The Balaban J connectivity index is 2.15. The van der Waals surface area contributed by atoms with Crippen LogP contribution < -0.4 is 10.6 Å². The summed E-state index contributed by atoms with van der Waals surface area (Å²) < 4.78 is 0. The van der Waals surface area contributed by atoms with E-state index in [9.17, 15) is 14.4 Å². The number of nitrogens with zero attached hydrogens (tertiary/aromatic N) is 1. The van der Waals surface area contributed by atoms with Gasteiger partial charge in [-0.2, -0.15) is 0 Å². The lowest BCUT2D eigenvalue weighted by molar-refractivity contribution is -0.139. The fraction of sp³-hybridized carbons (Fsp3) is 0.471. The molecule has 0 aliphatic carbocycles. The van der Waals surface area contributed by atoms with Gasteiger partial charge >= 0.3 is 0 Å². The summed E-state index contributed by atoms with van der Waals surface area (Å²) >= 11 is 11.9. The first-order valence-electron chi connectivity index (χ1n) is 8.09. The topological polar surface area (TPSA) is 78.5 Å². The summed E-state index contributed by atoms with van der Waals surface area (Å²) in [4.78, 5) is 38.3. The zero-order chi connectivity index (χ0) is 18.6. The van der Waals surface area contributed by atoms with E-state index in [1.54, 1.807) is 6.07 Å². The van der Waals surface area contributed by atoms with E-state index >= 15 is 0 Å². The van der Waals surface area contributed by atoms with Crippen LogP contribution in [0.3, 0.4) is 0 Å². The minimum absolute atomic E-state index is 0.00496. The second-order valence-electron chi connectivity index (χ2n) is 6.39. The highest BCUT2D eigenvalue weighted by molar-refractivity contribution is 6.36. The van der Waals surface area contributed by atoms with Crippen LogP contribution in [0.15, 0.2) is 18.2 Å². The van der Waals surface area contributed by atoms with Crippen molar-refractivity contribution in [2.24, 2.45) is 5.92 Å². The van der Waals surface area contributed by atoms with Gasteiger partial charge in [-0.15, -0.1) is 0 Å². The molecule has 1 aliphatic heterocycles. The Kier molecular flexibility index (Phi) is 6.67. The first kappa shape index (κ1) is 19.5. The van der Waals surface area contributed by atoms with E-state index in [1.165, 1.54) is 17.0 Å². The summed E-state index contributed by atoms with van der Waals surface area (Å²) in [5, 5.41) is 6.07. The van der Waals surface area contributed by atoms with Gasteiger partial charge in [0.1, 0.15) is 6.04 Å². The van der Waals surface area contributed by atoms with E-state index in [1.807, 2.05) is 13.8 Å². The van der Waals surface area contributed by atoms with Gasteiger partial charge in [0.2, 0.25) is 11.8 Å². The molecule has 0 aromatic heterocycles. The molecule has 25 heavy (non-hydrogen) atoms. The van der Waals surface area contributed by atoms with Crippen molar-refractivity contribution in [2.75, 3.05) is 19.6 Å². The molecule has 1 heterocycles. The second kappa shape index (κ2) is 8.54. The van der Waals surface area contributed by atoms with E-state index in [4.69, 9.17) is 23.2 Å². The van der Waals surface area contributed by atoms with Crippen LogP contribution in [0.2, 0.25) is 10.0 Å². The van der Waals surface area contributed by atoms with Crippen molar-refractivity contribution in [3.8, 4) is 0 Å². The largest absolute Gasteiger partial charge is 0.353 e. The third-order valence-corrected chi connectivity index (χ3v) is 4.38. The molecule has 3 amide bonds. The molecule has 1 unspecified atom stereocenters. The van der Waals surface area contributed by atoms with E-state index in [0.29, 0.717) is 24.5 Å². The lowest BCUT2D eigenvalue weighted by atomic mass is 10.0. The van der Waals surface area contributed by atoms with E-state index in [0.717, 1.165) is 0 Å². The molecule has 0 saturated carbocycles. The fourth-order valence-corrected chi connectivity index (χ4v) is 3.14. The van der Waals surface area contributed by atoms with Crippen LogP contribution in [0.4, 0.5) is 0 Å². The van der Waals surface area contributed by atoms with Crippen molar-refractivity contribution in [3.05, 3.63) is 33.8 Å². The van der Waals surface area contributed by atoms with Crippen LogP contribution in [0.5, 0.6) is 0 Å². The number of amides is 3. The molecule has 1 saturated heterocycles. The Hall–Kier alpha value is -1.79. The van der Waals surface area contributed by atoms with Gasteiger partial charge in [-0.25, -0.2) is 0 Å². The van der Waals surface area contributed by atoms with E-state index < -0.39 is 11.9 Å². The third-order valence-electron chi connectivity index (χ3n) is 3.84. The SMILES string of the molecule is CC(C)CC(NC(=O)c1ccc(Cl)cc1Cl)C(=O)N1CCNC(=O)C1.